The van der Waals surface area contributed by atoms with Crippen LogP contribution >= 0.6 is 22.7 Å². The van der Waals surface area contributed by atoms with E-state index >= 15 is 0 Å². The maximum absolute atomic E-state index is 7.06. The van der Waals surface area contributed by atoms with Crippen molar-refractivity contribution in [3.8, 4) is 32.8 Å². The Morgan fingerprint density at radius 2 is 1.12 bits per heavy atom. The van der Waals surface area contributed by atoms with Crippen molar-refractivity contribution in [2.45, 2.75) is 78.2 Å². The molecule has 2 aromatic heterocycles. The van der Waals surface area contributed by atoms with E-state index in [1.165, 1.54) is 9.38 Å². The highest BCUT2D eigenvalue weighted by atomic mass is 32.1. The Kier molecular flexibility index (Phi) is 6.31. The quantitative estimate of drug-likeness (QED) is 0.412. The molecule has 0 N–H and O–H groups in total. The molecule has 0 unspecified atom stereocenters. The van der Waals surface area contributed by atoms with Gasteiger partial charge < -0.3 is 23.1 Å². The molecular weight excluding hydrogens is 489 g/mol. The van der Waals surface area contributed by atoms with Crippen LogP contribution in [0.1, 0.15) is 46.4 Å². The van der Waals surface area contributed by atoms with Crippen LogP contribution in [0.25, 0.3) is 9.75 Å². The fraction of sp³-hybridized carbons (Fsp3) is 0.667. The Balaban J connectivity index is 1.86. The van der Waals surface area contributed by atoms with Crippen molar-refractivity contribution in [1.82, 2.24) is 0 Å². The third kappa shape index (κ3) is 4.51. The normalized spacial score (nSPS) is 16.8. The summed E-state index contributed by atoms with van der Waals surface area (Å²) in [6.45, 7) is 25.1. The smallest absolute Gasteiger partial charge is 0.221 e. The van der Waals surface area contributed by atoms with Crippen LogP contribution in [-0.2, 0) is 9.53 Å². The van der Waals surface area contributed by atoms with Crippen LogP contribution in [0.3, 0.4) is 0 Å². The first kappa shape index (κ1) is 25.1. The molecule has 5 nitrogen and oxygen atoms in total. The van der Waals surface area contributed by atoms with Gasteiger partial charge in [0.1, 0.15) is 26.4 Å². The number of fused-ring (bicyclic) bond motifs is 2. The predicted molar refractivity (Wildman–Crippen MR) is 144 cm³/mol. The maximum Gasteiger partial charge on any atom is 0.221 e. The molecule has 0 amide bonds. The zero-order chi connectivity index (χ0) is 24.4. The second-order valence-corrected chi connectivity index (χ2v) is 23.1. The van der Waals surface area contributed by atoms with Crippen molar-refractivity contribution in [2.75, 3.05) is 26.4 Å². The van der Waals surface area contributed by atoms with E-state index < -0.39 is 16.6 Å². The summed E-state index contributed by atoms with van der Waals surface area (Å²) in [6.07, 6.45) is 0. The SMILES string of the molecule is CC(C)(C)c1sc(-c2sc([Si](C)(C)O[Si](C)(C)C(C)(C)C)c3c2OCCO3)c2c1OCCO2. The minimum Gasteiger partial charge on any atom is -0.485 e. The lowest BCUT2D eigenvalue weighted by atomic mass is 9.94. The zero-order valence-electron chi connectivity index (χ0n) is 21.7. The van der Waals surface area contributed by atoms with Gasteiger partial charge in [0.15, 0.2) is 31.3 Å². The first-order chi connectivity index (χ1) is 15.1. The van der Waals surface area contributed by atoms with Gasteiger partial charge in [-0.2, -0.15) is 0 Å². The molecule has 0 aliphatic carbocycles. The van der Waals surface area contributed by atoms with Gasteiger partial charge in [0.2, 0.25) is 8.32 Å². The first-order valence-corrected chi connectivity index (χ1v) is 19.1. The third-order valence-electron chi connectivity index (χ3n) is 6.55. The number of ether oxygens (including phenoxy) is 4. The minimum absolute atomic E-state index is 0.0370. The minimum atomic E-state index is -2.27. The molecule has 4 heterocycles. The second kappa shape index (κ2) is 8.29. The fourth-order valence-corrected chi connectivity index (χ4v) is 15.3. The molecule has 0 radical (unpaired) electrons. The lowest BCUT2D eigenvalue weighted by Gasteiger charge is -2.42. The lowest BCUT2D eigenvalue weighted by Crippen LogP contribution is -2.55. The van der Waals surface area contributed by atoms with Crippen molar-refractivity contribution in [3.05, 3.63) is 4.88 Å². The van der Waals surface area contributed by atoms with Gasteiger partial charge in [-0.3, -0.25) is 0 Å². The summed E-state index contributed by atoms with van der Waals surface area (Å²) in [5.74, 6) is 3.47. The molecule has 4 rings (SSSR count). The summed E-state index contributed by atoms with van der Waals surface area (Å²) in [5.41, 5.74) is -0.0370. The summed E-state index contributed by atoms with van der Waals surface area (Å²) in [4.78, 5) is 3.38. The van der Waals surface area contributed by atoms with Crippen LogP contribution in [-0.4, -0.2) is 43.1 Å². The van der Waals surface area contributed by atoms with E-state index in [1.54, 1.807) is 22.7 Å². The Labute approximate surface area is 208 Å². The summed E-state index contributed by atoms with van der Waals surface area (Å²) in [6, 6.07) is 0. The Morgan fingerprint density at radius 3 is 1.64 bits per heavy atom. The van der Waals surface area contributed by atoms with Crippen molar-refractivity contribution >= 4 is 43.8 Å². The van der Waals surface area contributed by atoms with Gasteiger partial charge in [0, 0.05) is 5.41 Å². The van der Waals surface area contributed by atoms with E-state index in [4.69, 9.17) is 23.1 Å². The van der Waals surface area contributed by atoms with E-state index in [2.05, 4.69) is 67.7 Å². The summed E-state index contributed by atoms with van der Waals surface area (Å²) >= 11 is 3.52. The number of hydrogen-bond donors (Lipinski definition) is 0. The van der Waals surface area contributed by atoms with Crippen LogP contribution < -0.4 is 23.4 Å². The molecule has 0 saturated heterocycles. The van der Waals surface area contributed by atoms with Crippen LogP contribution in [0.2, 0.25) is 31.2 Å². The van der Waals surface area contributed by atoms with Crippen molar-refractivity contribution in [2.24, 2.45) is 0 Å². The molecule has 9 heteroatoms. The number of rotatable bonds is 4. The highest BCUT2D eigenvalue weighted by Gasteiger charge is 2.46. The molecule has 33 heavy (non-hydrogen) atoms. The molecule has 0 bridgehead atoms. The van der Waals surface area contributed by atoms with Gasteiger partial charge in [-0.1, -0.05) is 41.5 Å². The molecule has 0 spiro atoms. The standard InChI is InChI=1S/C24H38O5S2Si2/c1-23(2,3)21-17-15(25-11-13-27-17)19(30-21)20-16-18(28-14-12-26-16)22(31-20)32(7,8)29-33(9,10)24(4,5)6/h11-14H2,1-10H3. The molecular formula is C24H38O5S2Si2. The third-order valence-corrected chi connectivity index (χ3v) is 20.1. The van der Waals surface area contributed by atoms with Crippen LogP contribution in [0.15, 0.2) is 0 Å². The average Bonchev–Trinajstić information content (AvgIpc) is 3.25. The molecule has 184 valence electrons. The van der Waals surface area contributed by atoms with Crippen molar-refractivity contribution in [3.63, 3.8) is 0 Å². The van der Waals surface area contributed by atoms with E-state index in [0.717, 1.165) is 32.8 Å². The van der Waals surface area contributed by atoms with E-state index in [-0.39, 0.29) is 10.5 Å². The number of hydrogen-bond acceptors (Lipinski definition) is 7. The van der Waals surface area contributed by atoms with Gasteiger partial charge >= 0.3 is 0 Å². The molecule has 2 aliphatic rings. The number of thiophene rings is 2. The Morgan fingerprint density at radius 1 is 0.667 bits per heavy atom. The van der Waals surface area contributed by atoms with Crippen molar-refractivity contribution < 1.29 is 23.1 Å². The van der Waals surface area contributed by atoms with Gasteiger partial charge in [0.25, 0.3) is 0 Å². The molecule has 0 fully saturated rings. The van der Waals surface area contributed by atoms with Crippen LogP contribution in [0, 0.1) is 0 Å². The molecule has 0 saturated carbocycles. The molecule has 0 aromatic carbocycles. The van der Waals surface area contributed by atoms with Crippen LogP contribution in [0.5, 0.6) is 23.0 Å². The van der Waals surface area contributed by atoms with E-state index in [1.807, 2.05) is 0 Å². The highest BCUT2D eigenvalue weighted by Crippen LogP contribution is 2.58. The zero-order valence-corrected chi connectivity index (χ0v) is 25.3. The molecule has 0 atom stereocenters. The van der Waals surface area contributed by atoms with Gasteiger partial charge in [-0.25, -0.2) is 0 Å². The van der Waals surface area contributed by atoms with E-state index in [0.29, 0.717) is 26.4 Å². The van der Waals surface area contributed by atoms with Gasteiger partial charge in [-0.15, -0.1) is 22.7 Å². The summed E-state index contributed by atoms with van der Waals surface area (Å²) in [7, 11) is -4.23. The monoisotopic (exact) mass is 526 g/mol. The topological polar surface area (TPSA) is 46.2 Å². The molecule has 2 aliphatic heterocycles. The Hall–Kier alpha value is -1.01. The Bertz CT molecular complexity index is 1040. The fourth-order valence-electron chi connectivity index (χ4n) is 3.93. The predicted octanol–water partition coefficient (Wildman–Crippen LogP) is 6.75. The molecule has 2 aromatic rings. The van der Waals surface area contributed by atoms with E-state index in [9.17, 15) is 0 Å². The lowest BCUT2D eigenvalue weighted by molar-refractivity contribution is 0.170. The largest absolute Gasteiger partial charge is 0.485 e. The maximum atomic E-state index is 7.06. The summed E-state index contributed by atoms with van der Waals surface area (Å²) in [5, 5.41) is 0.147. The highest BCUT2D eigenvalue weighted by molar-refractivity contribution is 7.31. The second-order valence-electron chi connectivity index (χ2n) is 11.9. The van der Waals surface area contributed by atoms with Gasteiger partial charge in [0.05, 0.1) is 19.1 Å². The van der Waals surface area contributed by atoms with Crippen molar-refractivity contribution in [1.29, 1.82) is 0 Å². The summed E-state index contributed by atoms with van der Waals surface area (Å²) < 4.78 is 33.1. The first-order valence-electron chi connectivity index (χ1n) is 11.7. The van der Waals surface area contributed by atoms with Crippen LogP contribution in [0.4, 0.5) is 0 Å². The average molecular weight is 527 g/mol. The van der Waals surface area contributed by atoms with Gasteiger partial charge in [-0.05, 0) is 31.2 Å².